The number of carboxylic acids is 1. The maximum atomic E-state index is 12.6. The van der Waals surface area contributed by atoms with Gasteiger partial charge in [-0.3, -0.25) is 4.79 Å². The van der Waals surface area contributed by atoms with Gasteiger partial charge in [-0.25, -0.2) is 4.79 Å². The van der Waals surface area contributed by atoms with Crippen LogP contribution in [0.2, 0.25) is 0 Å². The second kappa shape index (κ2) is 6.09. The summed E-state index contributed by atoms with van der Waals surface area (Å²) >= 11 is 5.79. The van der Waals surface area contributed by atoms with Gasteiger partial charge < -0.3 is 5.11 Å². The summed E-state index contributed by atoms with van der Waals surface area (Å²) in [5, 5.41) is 7.26. The molecule has 0 fully saturated rings. The van der Waals surface area contributed by atoms with Crippen LogP contribution in [-0.4, -0.2) is 16.9 Å². The van der Waals surface area contributed by atoms with Crippen LogP contribution in [-0.2, 0) is 15.8 Å². The van der Waals surface area contributed by atoms with Crippen LogP contribution >= 0.6 is 11.6 Å². The predicted octanol–water partition coefficient (Wildman–Crippen LogP) is 3.67. The maximum absolute atomic E-state index is 12.6. The molecule has 1 unspecified atom stereocenters. The number of hydrogen-bond acceptors (Lipinski definition) is 2. The number of halogens is 4. The van der Waals surface area contributed by atoms with E-state index in [1.165, 1.54) is 0 Å². The van der Waals surface area contributed by atoms with Crippen molar-refractivity contribution in [2.45, 2.75) is 18.5 Å². The third-order valence-electron chi connectivity index (χ3n) is 2.45. The van der Waals surface area contributed by atoms with Crippen LogP contribution < -0.4 is 0 Å². The van der Waals surface area contributed by atoms with Gasteiger partial charge in [0.25, 0.3) is 0 Å². The highest BCUT2D eigenvalue weighted by Crippen LogP contribution is 2.34. The number of rotatable bonds is 4. The Kier molecular flexibility index (Phi) is 4.94. The van der Waals surface area contributed by atoms with Gasteiger partial charge in [0, 0.05) is 6.08 Å². The Bertz CT molecular complexity index is 564. The highest BCUT2D eigenvalue weighted by molar-refractivity contribution is 6.31. The van der Waals surface area contributed by atoms with Crippen molar-refractivity contribution in [1.29, 1.82) is 0 Å². The molecule has 1 aromatic rings. The molecule has 0 saturated heterocycles. The number of carbonyl (C=O) groups is 2. The van der Waals surface area contributed by atoms with Crippen LogP contribution in [0.1, 0.15) is 29.0 Å². The summed E-state index contributed by atoms with van der Waals surface area (Å²) in [5.74, 6) is -1.79. The zero-order valence-electron chi connectivity index (χ0n) is 10.2. The first-order chi connectivity index (χ1) is 9.12. The summed E-state index contributed by atoms with van der Waals surface area (Å²) in [6, 6.07) is 2.63. The van der Waals surface area contributed by atoms with Crippen molar-refractivity contribution in [3.63, 3.8) is 0 Å². The molecular weight excluding hydrogens is 297 g/mol. The van der Waals surface area contributed by atoms with E-state index in [1.807, 2.05) is 0 Å². The summed E-state index contributed by atoms with van der Waals surface area (Å²) in [6.45, 7) is 1.14. The topological polar surface area (TPSA) is 54.4 Å². The van der Waals surface area contributed by atoms with Crippen molar-refractivity contribution in [1.82, 2.24) is 0 Å². The Labute approximate surface area is 117 Å². The number of aliphatic carboxylic acids is 1. The van der Waals surface area contributed by atoms with Crippen molar-refractivity contribution in [2.24, 2.45) is 0 Å². The van der Waals surface area contributed by atoms with Crippen molar-refractivity contribution >= 4 is 29.4 Å². The van der Waals surface area contributed by atoms with Crippen molar-refractivity contribution in [3.05, 3.63) is 41.0 Å². The molecule has 0 saturated carbocycles. The molecule has 0 aliphatic rings. The third kappa shape index (κ3) is 4.09. The van der Waals surface area contributed by atoms with E-state index in [9.17, 15) is 22.8 Å². The summed E-state index contributed by atoms with van der Waals surface area (Å²) in [4.78, 5) is 21.7. The fourth-order valence-electron chi connectivity index (χ4n) is 1.50. The predicted molar refractivity (Wildman–Crippen MR) is 67.4 cm³/mol. The van der Waals surface area contributed by atoms with Gasteiger partial charge in [-0.05, 0) is 36.3 Å². The molecule has 0 heterocycles. The number of hydrogen-bond donors (Lipinski definition) is 1. The van der Waals surface area contributed by atoms with Gasteiger partial charge >= 0.3 is 12.1 Å². The second-order valence-corrected chi connectivity index (χ2v) is 4.42. The Morgan fingerprint density at radius 3 is 2.40 bits per heavy atom. The molecule has 0 aliphatic carbocycles. The first-order valence-electron chi connectivity index (χ1n) is 5.39. The minimum atomic E-state index is -4.57. The minimum Gasteiger partial charge on any atom is -0.478 e. The van der Waals surface area contributed by atoms with E-state index in [0.29, 0.717) is 0 Å². The van der Waals surface area contributed by atoms with E-state index in [-0.39, 0.29) is 11.1 Å². The highest BCUT2D eigenvalue weighted by atomic mass is 35.5. The monoisotopic (exact) mass is 306 g/mol. The summed E-state index contributed by atoms with van der Waals surface area (Å²) in [5.41, 5.74) is -0.881. The number of carbonyl (C=O) groups excluding carboxylic acids is 1. The average molecular weight is 307 g/mol. The van der Waals surface area contributed by atoms with Crippen molar-refractivity contribution in [2.75, 3.05) is 0 Å². The molecule has 0 amide bonds. The van der Waals surface area contributed by atoms with Crippen LogP contribution in [0.3, 0.4) is 0 Å². The molecule has 0 aliphatic heterocycles. The summed E-state index contributed by atoms with van der Waals surface area (Å²) in [6.07, 6.45) is -2.72. The normalized spacial score (nSPS) is 13.4. The smallest absolute Gasteiger partial charge is 0.416 e. The lowest BCUT2D eigenvalue weighted by atomic mass is 9.98. The Morgan fingerprint density at radius 1 is 1.35 bits per heavy atom. The van der Waals surface area contributed by atoms with Crippen LogP contribution in [0.5, 0.6) is 0 Å². The molecule has 7 heteroatoms. The van der Waals surface area contributed by atoms with Crippen LogP contribution in [0.15, 0.2) is 24.3 Å². The van der Waals surface area contributed by atoms with Gasteiger partial charge in [0.15, 0.2) is 5.78 Å². The molecule has 3 nitrogen and oxygen atoms in total. The Balaban J connectivity index is 3.38. The fraction of sp³-hybridized carbons (Fsp3) is 0.231. The molecule has 1 N–H and O–H groups in total. The zero-order chi connectivity index (χ0) is 15.5. The Morgan fingerprint density at radius 2 is 1.95 bits per heavy atom. The standard InChI is InChI=1S/C13H10ClF3O3/c1-7(18)12(14)10-6-9(13(15,16)17)4-2-8(10)3-5-11(19)20/h2-6,12H,1H3,(H,19,20). The highest BCUT2D eigenvalue weighted by Gasteiger charge is 2.32. The molecule has 1 rings (SSSR count). The molecule has 1 aromatic carbocycles. The average Bonchev–Trinajstić information content (AvgIpc) is 2.33. The van der Waals surface area contributed by atoms with Gasteiger partial charge in [0.1, 0.15) is 5.38 Å². The molecule has 0 radical (unpaired) electrons. The van der Waals surface area contributed by atoms with E-state index >= 15 is 0 Å². The molecule has 0 aromatic heterocycles. The summed E-state index contributed by atoms with van der Waals surface area (Å²) < 4.78 is 37.9. The number of ketones is 1. The molecular formula is C13H10ClF3O3. The number of Topliss-reactive ketones (excluding diaryl/α,β-unsaturated/α-hetero) is 1. The lowest BCUT2D eigenvalue weighted by Crippen LogP contribution is -2.09. The van der Waals surface area contributed by atoms with Gasteiger partial charge in [0.05, 0.1) is 5.56 Å². The van der Waals surface area contributed by atoms with E-state index in [2.05, 4.69) is 0 Å². The molecule has 0 spiro atoms. The number of benzene rings is 1. The molecule has 108 valence electrons. The molecule has 1 atom stereocenters. The van der Waals surface area contributed by atoms with Gasteiger partial charge in [-0.1, -0.05) is 6.07 Å². The van der Waals surface area contributed by atoms with E-state index in [0.717, 1.165) is 37.3 Å². The fourth-order valence-corrected chi connectivity index (χ4v) is 1.69. The van der Waals surface area contributed by atoms with Crippen LogP contribution in [0.25, 0.3) is 6.08 Å². The third-order valence-corrected chi connectivity index (χ3v) is 2.99. The van der Waals surface area contributed by atoms with E-state index in [4.69, 9.17) is 16.7 Å². The maximum Gasteiger partial charge on any atom is 0.416 e. The number of alkyl halides is 4. The van der Waals surface area contributed by atoms with Crippen LogP contribution in [0, 0.1) is 0 Å². The van der Waals surface area contributed by atoms with Gasteiger partial charge in [-0.15, -0.1) is 11.6 Å². The van der Waals surface area contributed by atoms with E-state index in [1.54, 1.807) is 0 Å². The molecule has 0 bridgehead atoms. The first kappa shape index (κ1) is 16.2. The Hall–Kier alpha value is -1.82. The summed E-state index contributed by atoms with van der Waals surface area (Å²) in [7, 11) is 0. The van der Waals surface area contributed by atoms with Crippen molar-refractivity contribution < 1.29 is 27.9 Å². The lowest BCUT2D eigenvalue weighted by Gasteiger charge is -2.14. The first-order valence-corrected chi connectivity index (χ1v) is 5.83. The van der Waals surface area contributed by atoms with Crippen LogP contribution in [0.4, 0.5) is 13.2 Å². The largest absolute Gasteiger partial charge is 0.478 e. The number of carboxylic acid groups (broad SMARTS) is 1. The quantitative estimate of drug-likeness (QED) is 0.682. The van der Waals surface area contributed by atoms with Crippen molar-refractivity contribution in [3.8, 4) is 0 Å². The molecule has 20 heavy (non-hydrogen) atoms. The van der Waals surface area contributed by atoms with E-state index < -0.39 is 28.9 Å². The van der Waals surface area contributed by atoms with Gasteiger partial charge in [-0.2, -0.15) is 13.2 Å². The SMILES string of the molecule is CC(=O)C(Cl)c1cc(C(F)(F)F)ccc1C=CC(=O)O. The minimum absolute atomic E-state index is 0.0773. The second-order valence-electron chi connectivity index (χ2n) is 3.99. The zero-order valence-corrected chi connectivity index (χ0v) is 11.0. The van der Waals surface area contributed by atoms with Gasteiger partial charge in [0.2, 0.25) is 0 Å². The lowest BCUT2D eigenvalue weighted by molar-refractivity contribution is -0.137.